The zero-order valence-corrected chi connectivity index (χ0v) is 16.9. The summed E-state index contributed by atoms with van der Waals surface area (Å²) in [6, 6.07) is 24.8. The number of anilines is 2. The number of benzene rings is 3. The molecule has 0 amide bonds. The lowest BCUT2D eigenvalue weighted by Crippen LogP contribution is -2.44. The van der Waals surface area contributed by atoms with Gasteiger partial charge in [-0.15, -0.1) is 0 Å². The van der Waals surface area contributed by atoms with Gasteiger partial charge in [0.25, 0.3) is 10.0 Å². The molecule has 1 aliphatic heterocycles. The van der Waals surface area contributed by atoms with Crippen LogP contribution in [0.15, 0.2) is 83.8 Å². The van der Waals surface area contributed by atoms with Gasteiger partial charge in [-0.25, -0.2) is 8.42 Å². The Hall–Kier alpha value is -2.79. The summed E-state index contributed by atoms with van der Waals surface area (Å²) in [6.45, 7) is 3.93. The Kier molecular flexibility index (Phi) is 4.85. The minimum Gasteiger partial charge on any atom is -0.378 e. The normalized spacial score (nSPS) is 19.1. The first-order valence-electron chi connectivity index (χ1n) is 9.48. The molecule has 0 saturated carbocycles. The van der Waals surface area contributed by atoms with Gasteiger partial charge in [0, 0.05) is 11.7 Å². The monoisotopic (exact) mass is 392 g/mol. The van der Waals surface area contributed by atoms with E-state index in [4.69, 9.17) is 0 Å². The summed E-state index contributed by atoms with van der Waals surface area (Å²) in [5.74, 6) is 0. The molecule has 0 spiro atoms. The molecule has 3 aromatic carbocycles. The number of hydrogen-bond donors (Lipinski definition) is 1. The van der Waals surface area contributed by atoms with E-state index in [0.717, 1.165) is 22.5 Å². The molecule has 0 bridgehead atoms. The van der Waals surface area contributed by atoms with E-state index in [9.17, 15) is 8.42 Å². The fourth-order valence-electron chi connectivity index (χ4n) is 3.85. The third-order valence-corrected chi connectivity index (χ3v) is 7.16. The number of rotatable bonds is 4. The molecular formula is C23H24N2O2S. The molecule has 0 aromatic heterocycles. The fourth-order valence-corrected chi connectivity index (χ4v) is 5.54. The predicted molar refractivity (Wildman–Crippen MR) is 114 cm³/mol. The second-order valence-corrected chi connectivity index (χ2v) is 9.14. The molecule has 0 radical (unpaired) electrons. The van der Waals surface area contributed by atoms with Gasteiger partial charge in [-0.2, -0.15) is 0 Å². The van der Waals surface area contributed by atoms with Crippen molar-refractivity contribution in [1.29, 1.82) is 0 Å². The van der Waals surface area contributed by atoms with E-state index in [-0.39, 0.29) is 12.1 Å². The Bertz CT molecular complexity index is 1060. The SMILES string of the molecule is Cc1ccc(S(=O)(=O)N2c3ccccc3[C@H](Nc3ccccc3)C[C@H]2C)cc1. The van der Waals surface area contributed by atoms with E-state index in [2.05, 4.69) is 5.32 Å². The molecule has 0 unspecified atom stereocenters. The average molecular weight is 393 g/mol. The predicted octanol–water partition coefficient (Wildman–Crippen LogP) is 5.14. The molecule has 5 heteroatoms. The molecule has 2 atom stereocenters. The van der Waals surface area contributed by atoms with Crippen LogP contribution in [0.2, 0.25) is 0 Å². The summed E-state index contributed by atoms with van der Waals surface area (Å²) in [6.07, 6.45) is 0.691. The summed E-state index contributed by atoms with van der Waals surface area (Å²) in [5, 5.41) is 3.57. The van der Waals surface area contributed by atoms with Crippen LogP contribution >= 0.6 is 0 Å². The van der Waals surface area contributed by atoms with Crippen LogP contribution in [0.1, 0.15) is 30.5 Å². The minimum atomic E-state index is -3.63. The smallest absolute Gasteiger partial charge is 0.264 e. The van der Waals surface area contributed by atoms with Crippen LogP contribution in [0.4, 0.5) is 11.4 Å². The second kappa shape index (κ2) is 7.32. The standard InChI is InChI=1S/C23H24N2O2S/c1-17-12-14-20(15-13-17)28(26,27)25-18(2)16-22(21-10-6-7-11-23(21)25)24-19-8-4-3-5-9-19/h3-15,18,22,24H,16H2,1-2H3/t18-,22-/m1/s1. The van der Waals surface area contributed by atoms with Crippen LogP contribution in [-0.2, 0) is 10.0 Å². The van der Waals surface area contributed by atoms with E-state index < -0.39 is 10.0 Å². The van der Waals surface area contributed by atoms with Crippen LogP contribution in [0.3, 0.4) is 0 Å². The molecule has 28 heavy (non-hydrogen) atoms. The highest BCUT2D eigenvalue weighted by atomic mass is 32.2. The Morgan fingerprint density at radius 2 is 1.54 bits per heavy atom. The molecule has 1 heterocycles. The van der Waals surface area contributed by atoms with Crippen LogP contribution < -0.4 is 9.62 Å². The van der Waals surface area contributed by atoms with Crippen LogP contribution in [0.25, 0.3) is 0 Å². The summed E-state index contributed by atoms with van der Waals surface area (Å²) >= 11 is 0. The number of para-hydroxylation sites is 2. The number of aryl methyl sites for hydroxylation is 1. The Balaban J connectivity index is 1.75. The highest BCUT2D eigenvalue weighted by molar-refractivity contribution is 7.92. The van der Waals surface area contributed by atoms with Crippen molar-refractivity contribution in [2.24, 2.45) is 0 Å². The first-order chi connectivity index (χ1) is 13.5. The van der Waals surface area contributed by atoms with E-state index in [0.29, 0.717) is 11.3 Å². The van der Waals surface area contributed by atoms with Crippen molar-refractivity contribution in [3.63, 3.8) is 0 Å². The Morgan fingerprint density at radius 1 is 0.893 bits per heavy atom. The topological polar surface area (TPSA) is 49.4 Å². The van der Waals surface area contributed by atoms with Gasteiger partial charge in [-0.3, -0.25) is 4.31 Å². The van der Waals surface area contributed by atoms with Gasteiger partial charge in [0.2, 0.25) is 0 Å². The van der Waals surface area contributed by atoms with Crippen molar-refractivity contribution in [3.8, 4) is 0 Å². The number of fused-ring (bicyclic) bond motifs is 1. The summed E-state index contributed by atoms with van der Waals surface area (Å²) in [4.78, 5) is 0.328. The van der Waals surface area contributed by atoms with Gasteiger partial charge in [0.05, 0.1) is 16.6 Å². The number of hydrogen-bond acceptors (Lipinski definition) is 3. The van der Waals surface area contributed by atoms with Crippen molar-refractivity contribution in [1.82, 2.24) is 0 Å². The van der Waals surface area contributed by atoms with Gasteiger partial charge < -0.3 is 5.32 Å². The maximum Gasteiger partial charge on any atom is 0.264 e. The highest BCUT2D eigenvalue weighted by Crippen LogP contribution is 2.41. The van der Waals surface area contributed by atoms with Crippen LogP contribution in [0.5, 0.6) is 0 Å². The lowest BCUT2D eigenvalue weighted by atomic mass is 9.93. The number of nitrogens with one attached hydrogen (secondary N) is 1. The molecular weight excluding hydrogens is 368 g/mol. The van der Waals surface area contributed by atoms with Gasteiger partial charge in [-0.1, -0.05) is 54.1 Å². The van der Waals surface area contributed by atoms with Gasteiger partial charge in [-0.05, 0) is 56.2 Å². The van der Waals surface area contributed by atoms with Crippen molar-refractivity contribution in [3.05, 3.63) is 90.0 Å². The van der Waals surface area contributed by atoms with Crippen molar-refractivity contribution in [2.45, 2.75) is 37.2 Å². The lowest BCUT2D eigenvalue weighted by Gasteiger charge is -2.40. The third-order valence-electron chi connectivity index (χ3n) is 5.22. The van der Waals surface area contributed by atoms with E-state index >= 15 is 0 Å². The van der Waals surface area contributed by atoms with E-state index in [1.54, 1.807) is 16.4 Å². The lowest BCUT2D eigenvalue weighted by molar-refractivity contribution is 0.537. The molecule has 3 aromatic rings. The summed E-state index contributed by atoms with van der Waals surface area (Å²) in [5.41, 5.74) is 3.82. The van der Waals surface area contributed by atoms with Crippen LogP contribution in [-0.4, -0.2) is 14.5 Å². The van der Waals surface area contributed by atoms with E-state index in [1.165, 1.54) is 0 Å². The molecule has 4 rings (SSSR count). The van der Waals surface area contributed by atoms with Gasteiger partial charge in [0.15, 0.2) is 0 Å². The summed E-state index contributed by atoms with van der Waals surface area (Å²) < 4.78 is 28.5. The van der Waals surface area contributed by atoms with E-state index in [1.807, 2.05) is 80.6 Å². The Morgan fingerprint density at radius 3 is 2.25 bits per heavy atom. The minimum absolute atomic E-state index is 0.0538. The second-order valence-electron chi connectivity index (χ2n) is 7.32. The summed E-state index contributed by atoms with van der Waals surface area (Å²) in [7, 11) is -3.63. The van der Waals surface area contributed by atoms with Crippen LogP contribution in [0, 0.1) is 6.92 Å². The first kappa shape index (κ1) is 18.6. The zero-order chi connectivity index (χ0) is 19.7. The average Bonchev–Trinajstić information content (AvgIpc) is 2.69. The fraction of sp³-hybridized carbons (Fsp3) is 0.217. The Labute approximate surface area is 166 Å². The maximum absolute atomic E-state index is 13.4. The molecule has 0 fully saturated rings. The third kappa shape index (κ3) is 3.38. The largest absolute Gasteiger partial charge is 0.378 e. The van der Waals surface area contributed by atoms with Gasteiger partial charge >= 0.3 is 0 Å². The molecule has 1 N–H and O–H groups in total. The zero-order valence-electron chi connectivity index (χ0n) is 16.0. The number of nitrogens with zero attached hydrogens (tertiary/aromatic N) is 1. The first-order valence-corrected chi connectivity index (χ1v) is 10.9. The molecule has 4 nitrogen and oxygen atoms in total. The number of sulfonamides is 1. The molecule has 1 aliphatic rings. The van der Waals surface area contributed by atoms with Crippen molar-refractivity contribution < 1.29 is 8.42 Å². The van der Waals surface area contributed by atoms with Crippen molar-refractivity contribution >= 4 is 21.4 Å². The molecule has 0 aliphatic carbocycles. The quantitative estimate of drug-likeness (QED) is 0.669. The van der Waals surface area contributed by atoms with Crippen molar-refractivity contribution in [2.75, 3.05) is 9.62 Å². The molecule has 0 saturated heterocycles. The molecule has 144 valence electrons. The highest BCUT2D eigenvalue weighted by Gasteiger charge is 2.37. The maximum atomic E-state index is 13.4. The van der Waals surface area contributed by atoms with Gasteiger partial charge in [0.1, 0.15) is 0 Å².